The quantitative estimate of drug-likeness (QED) is 0.718. The summed E-state index contributed by atoms with van der Waals surface area (Å²) in [5.74, 6) is 2.86. The molecule has 1 aliphatic heterocycles. The number of nitrogens with one attached hydrogen (secondary N) is 1. The van der Waals surface area contributed by atoms with E-state index in [4.69, 9.17) is 9.72 Å². The van der Waals surface area contributed by atoms with E-state index in [-0.39, 0.29) is 5.91 Å². The van der Waals surface area contributed by atoms with Gasteiger partial charge in [-0.3, -0.25) is 14.7 Å². The Morgan fingerprint density at radius 2 is 1.97 bits per heavy atom. The molecule has 2 heterocycles. The largest absolute Gasteiger partial charge is 0.497 e. The average molecular weight is 434 g/mol. The number of nitrogens with zero attached hydrogens (tertiary/aromatic N) is 2. The summed E-state index contributed by atoms with van der Waals surface area (Å²) in [6, 6.07) is 12.7. The maximum atomic E-state index is 13.2. The molecule has 2 saturated carbocycles. The molecular weight excluding hydrogens is 398 g/mol. The van der Waals surface area contributed by atoms with Gasteiger partial charge < -0.3 is 10.1 Å². The van der Waals surface area contributed by atoms with Crippen LogP contribution in [0.2, 0.25) is 0 Å². The number of amides is 1. The van der Waals surface area contributed by atoms with Gasteiger partial charge in [-0.05, 0) is 93.8 Å². The van der Waals surface area contributed by atoms with Crippen LogP contribution in [-0.4, -0.2) is 42.0 Å². The van der Waals surface area contributed by atoms with Gasteiger partial charge in [0.15, 0.2) is 0 Å². The van der Waals surface area contributed by atoms with E-state index in [1.54, 1.807) is 7.11 Å². The first-order valence-corrected chi connectivity index (χ1v) is 12.2. The third kappa shape index (κ3) is 4.54. The van der Waals surface area contributed by atoms with Gasteiger partial charge in [0.05, 0.1) is 18.4 Å². The molecule has 1 amide bonds. The molecule has 170 valence electrons. The lowest BCUT2D eigenvalue weighted by Crippen LogP contribution is -2.39. The van der Waals surface area contributed by atoms with E-state index in [9.17, 15) is 4.79 Å². The number of rotatable bonds is 6. The van der Waals surface area contributed by atoms with E-state index in [0.717, 1.165) is 67.5 Å². The molecule has 5 nitrogen and oxygen atoms in total. The zero-order valence-corrected chi connectivity index (χ0v) is 19.3. The SMILES string of the molecule is COc1cccc(CN2CCC(c3nc(C)ccc3C(=O)NC3CC4CCC3C4)CC2)c1. The summed E-state index contributed by atoms with van der Waals surface area (Å²) in [7, 11) is 1.71. The van der Waals surface area contributed by atoms with Crippen molar-refractivity contribution < 1.29 is 9.53 Å². The van der Waals surface area contributed by atoms with E-state index in [1.807, 2.05) is 25.1 Å². The Morgan fingerprint density at radius 1 is 1.12 bits per heavy atom. The molecule has 1 saturated heterocycles. The van der Waals surface area contributed by atoms with Gasteiger partial charge in [0.1, 0.15) is 5.75 Å². The zero-order chi connectivity index (χ0) is 22.1. The molecule has 3 fully saturated rings. The monoisotopic (exact) mass is 433 g/mol. The average Bonchev–Trinajstić information content (AvgIpc) is 3.43. The molecule has 5 heteroatoms. The van der Waals surface area contributed by atoms with Crippen LogP contribution in [0.1, 0.15) is 71.8 Å². The topological polar surface area (TPSA) is 54.5 Å². The number of methoxy groups -OCH3 is 1. The Labute approximate surface area is 191 Å². The van der Waals surface area contributed by atoms with Gasteiger partial charge in [0.2, 0.25) is 0 Å². The minimum atomic E-state index is 0.0869. The first-order chi connectivity index (χ1) is 15.6. The number of fused-ring (bicyclic) bond motifs is 2. The summed E-state index contributed by atoms with van der Waals surface area (Å²) in [5, 5.41) is 3.38. The second-order valence-electron chi connectivity index (χ2n) is 10.0. The molecule has 2 aromatic rings. The fourth-order valence-corrected chi connectivity index (χ4v) is 6.14. The molecule has 2 aliphatic carbocycles. The molecule has 32 heavy (non-hydrogen) atoms. The summed E-state index contributed by atoms with van der Waals surface area (Å²) in [6.45, 7) is 5.00. The molecule has 5 rings (SSSR count). The number of ether oxygens (including phenoxy) is 1. The van der Waals surface area contributed by atoms with Crippen LogP contribution in [0.3, 0.4) is 0 Å². The predicted octanol–water partition coefficient (Wildman–Crippen LogP) is 4.70. The number of piperidine rings is 1. The summed E-state index contributed by atoms with van der Waals surface area (Å²) < 4.78 is 5.36. The first-order valence-electron chi connectivity index (χ1n) is 12.2. The number of hydrogen-bond donors (Lipinski definition) is 1. The van der Waals surface area contributed by atoms with Gasteiger partial charge in [0, 0.05) is 24.2 Å². The van der Waals surface area contributed by atoms with Crippen LogP contribution in [0.15, 0.2) is 36.4 Å². The van der Waals surface area contributed by atoms with Crippen LogP contribution in [-0.2, 0) is 6.54 Å². The Hall–Kier alpha value is -2.40. The van der Waals surface area contributed by atoms with Crippen molar-refractivity contribution in [2.24, 2.45) is 11.8 Å². The Kier molecular flexibility index (Phi) is 6.18. The second-order valence-corrected chi connectivity index (χ2v) is 10.0. The highest BCUT2D eigenvalue weighted by Gasteiger charge is 2.40. The van der Waals surface area contributed by atoms with Crippen molar-refractivity contribution in [3.63, 3.8) is 0 Å². The number of aromatic nitrogens is 1. The van der Waals surface area contributed by atoms with Crippen LogP contribution < -0.4 is 10.1 Å². The van der Waals surface area contributed by atoms with Gasteiger partial charge in [0.25, 0.3) is 5.91 Å². The molecular formula is C27H35N3O2. The Balaban J connectivity index is 1.24. The maximum Gasteiger partial charge on any atom is 0.253 e. The van der Waals surface area contributed by atoms with Gasteiger partial charge in [-0.15, -0.1) is 0 Å². The van der Waals surface area contributed by atoms with Crippen LogP contribution in [0.5, 0.6) is 5.75 Å². The van der Waals surface area contributed by atoms with Gasteiger partial charge in [-0.25, -0.2) is 0 Å². The Morgan fingerprint density at radius 3 is 2.69 bits per heavy atom. The van der Waals surface area contributed by atoms with Gasteiger partial charge >= 0.3 is 0 Å². The maximum absolute atomic E-state index is 13.2. The minimum absolute atomic E-state index is 0.0869. The lowest BCUT2D eigenvalue weighted by molar-refractivity contribution is 0.0920. The standard InChI is InChI=1S/C27H35N3O2/c1-18-6-9-24(27(31)29-25-16-19-7-8-22(25)14-19)26(28-18)21-10-12-30(13-11-21)17-20-4-3-5-23(15-20)32-2/h3-6,9,15,19,21-22,25H,7-8,10-14,16-17H2,1-2H3,(H,29,31). The van der Waals surface area contributed by atoms with E-state index < -0.39 is 0 Å². The van der Waals surface area contributed by atoms with Crippen LogP contribution in [0.25, 0.3) is 0 Å². The van der Waals surface area contributed by atoms with Crippen molar-refractivity contribution in [1.29, 1.82) is 0 Å². The van der Waals surface area contributed by atoms with Crippen molar-refractivity contribution in [2.45, 2.75) is 64.0 Å². The molecule has 2 bridgehead atoms. The number of likely N-dealkylation sites (tertiary alicyclic amines) is 1. The van der Waals surface area contributed by atoms with Gasteiger partial charge in [-0.2, -0.15) is 0 Å². The number of aryl methyl sites for hydroxylation is 1. The second kappa shape index (κ2) is 9.22. The highest BCUT2D eigenvalue weighted by molar-refractivity contribution is 5.95. The number of pyridine rings is 1. The third-order valence-electron chi connectivity index (χ3n) is 7.88. The number of hydrogen-bond acceptors (Lipinski definition) is 4. The smallest absolute Gasteiger partial charge is 0.253 e. The predicted molar refractivity (Wildman–Crippen MR) is 126 cm³/mol. The zero-order valence-electron chi connectivity index (χ0n) is 19.3. The number of carbonyl (C=O) groups excluding carboxylic acids is 1. The van der Waals surface area contributed by atoms with Crippen molar-refractivity contribution in [2.75, 3.05) is 20.2 Å². The van der Waals surface area contributed by atoms with Crippen LogP contribution in [0, 0.1) is 18.8 Å². The third-order valence-corrected chi connectivity index (χ3v) is 7.88. The summed E-state index contributed by atoms with van der Waals surface area (Å²) in [4.78, 5) is 20.6. The highest BCUT2D eigenvalue weighted by atomic mass is 16.5. The Bertz CT molecular complexity index is 967. The fraction of sp³-hybridized carbons (Fsp3) is 0.556. The minimum Gasteiger partial charge on any atom is -0.497 e. The summed E-state index contributed by atoms with van der Waals surface area (Å²) in [6.07, 6.45) is 7.16. The van der Waals surface area contributed by atoms with E-state index >= 15 is 0 Å². The molecule has 3 unspecified atom stereocenters. The molecule has 0 spiro atoms. The molecule has 1 aromatic carbocycles. The molecule has 0 radical (unpaired) electrons. The lowest BCUT2D eigenvalue weighted by Gasteiger charge is -2.32. The van der Waals surface area contributed by atoms with Crippen molar-refractivity contribution >= 4 is 5.91 Å². The van der Waals surface area contributed by atoms with Crippen LogP contribution >= 0.6 is 0 Å². The number of benzene rings is 1. The molecule has 3 aliphatic rings. The summed E-state index contributed by atoms with van der Waals surface area (Å²) in [5.41, 5.74) is 4.08. The normalized spacial score (nSPS) is 25.8. The molecule has 3 atom stereocenters. The first kappa shape index (κ1) is 21.4. The molecule has 1 N–H and O–H groups in total. The van der Waals surface area contributed by atoms with Crippen molar-refractivity contribution in [3.05, 3.63) is 58.9 Å². The van der Waals surface area contributed by atoms with Gasteiger partial charge in [-0.1, -0.05) is 18.6 Å². The fourth-order valence-electron chi connectivity index (χ4n) is 6.14. The molecule has 1 aromatic heterocycles. The summed E-state index contributed by atoms with van der Waals surface area (Å²) >= 11 is 0. The van der Waals surface area contributed by atoms with E-state index in [0.29, 0.717) is 17.9 Å². The lowest BCUT2D eigenvalue weighted by atomic mass is 9.89. The van der Waals surface area contributed by atoms with E-state index in [2.05, 4.69) is 28.4 Å². The highest BCUT2D eigenvalue weighted by Crippen LogP contribution is 2.44. The van der Waals surface area contributed by atoms with Crippen molar-refractivity contribution in [1.82, 2.24) is 15.2 Å². The van der Waals surface area contributed by atoms with Crippen LogP contribution in [0.4, 0.5) is 0 Å². The van der Waals surface area contributed by atoms with E-state index in [1.165, 1.54) is 24.8 Å². The van der Waals surface area contributed by atoms with Crippen molar-refractivity contribution in [3.8, 4) is 5.75 Å². The number of carbonyl (C=O) groups is 1.